The molecule has 4 heterocycles. The van der Waals surface area contributed by atoms with Crippen LogP contribution in [0.25, 0.3) is 99.7 Å². The maximum atomic E-state index is 5.18. The zero-order valence-electron chi connectivity index (χ0n) is 29.1. The first-order chi connectivity index (χ1) is 26.8. The molecule has 0 saturated heterocycles. The van der Waals surface area contributed by atoms with Crippen LogP contribution in [0.2, 0.25) is 0 Å². The normalized spacial score (nSPS) is 11.7. The first-order valence-electron chi connectivity index (χ1n) is 18.2. The van der Waals surface area contributed by atoms with E-state index in [0.29, 0.717) is 0 Å². The molecule has 0 radical (unpaired) electrons. The Balaban J connectivity index is 1.17. The summed E-state index contributed by atoms with van der Waals surface area (Å²) in [6, 6.07) is 61.8. The molecule has 5 nitrogen and oxygen atoms in total. The van der Waals surface area contributed by atoms with Crippen molar-refractivity contribution in [3.8, 4) is 45.3 Å². The van der Waals surface area contributed by atoms with Gasteiger partial charge in [0.15, 0.2) is 5.82 Å². The number of pyridine rings is 1. The third kappa shape index (κ3) is 4.62. The van der Waals surface area contributed by atoms with E-state index >= 15 is 0 Å². The molecule has 4 aromatic heterocycles. The van der Waals surface area contributed by atoms with Crippen molar-refractivity contribution in [1.82, 2.24) is 24.1 Å². The molecule has 0 saturated carbocycles. The van der Waals surface area contributed by atoms with Gasteiger partial charge in [0.2, 0.25) is 0 Å². The fraction of sp³-hybridized carbons (Fsp3) is 0. The Bertz CT molecular complexity index is 3120. The van der Waals surface area contributed by atoms with Crippen LogP contribution < -0.4 is 0 Å². The Morgan fingerprint density at radius 1 is 0.352 bits per heavy atom. The molecule has 0 unspecified atom stereocenters. The molecule has 11 aromatic rings. The third-order valence-electron chi connectivity index (χ3n) is 10.6. The van der Waals surface area contributed by atoms with Gasteiger partial charge in [0.1, 0.15) is 0 Å². The van der Waals surface area contributed by atoms with E-state index in [1.54, 1.807) is 0 Å². The topological polar surface area (TPSA) is 48.5 Å². The maximum absolute atomic E-state index is 5.18. The van der Waals surface area contributed by atoms with Gasteiger partial charge in [-0.05, 0) is 36.4 Å². The van der Waals surface area contributed by atoms with E-state index in [1.807, 2.05) is 48.8 Å². The number of rotatable bonds is 5. The van der Waals surface area contributed by atoms with Gasteiger partial charge in [-0.3, -0.25) is 9.55 Å². The lowest BCUT2D eigenvalue weighted by Crippen LogP contribution is -2.00. The average molecular weight is 690 g/mol. The third-order valence-corrected chi connectivity index (χ3v) is 10.6. The predicted octanol–water partition coefficient (Wildman–Crippen LogP) is 12.2. The quantitative estimate of drug-likeness (QED) is 0.181. The van der Waals surface area contributed by atoms with E-state index in [1.165, 1.54) is 38.0 Å². The summed E-state index contributed by atoms with van der Waals surface area (Å²) in [5.74, 6) is 0.766. The summed E-state index contributed by atoms with van der Waals surface area (Å²) in [6.07, 6.45) is 3.81. The number of nitrogens with zero attached hydrogens (tertiary/aromatic N) is 5. The van der Waals surface area contributed by atoms with Crippen LogP contribution in [-0.4, -0.2) is 24.1 Å². The second-order valence-electron chi connectivity index (χ2n) is 13.7. The molecule has 0 spiro atoms. The minimum Gasteiger partial charge on any atom is -0.309 e. The van der Waals surface area contributed by atoms with Crippen LogP contribution in [0.15, 0.2) is 188 Å². The second kappa shape index (κ2) is 12.1. The minimum atomic E-state index is 0.766. The van der Waals surface area contributed by atoms with E-state index in [-0.39, 0.29) is 0 Å². The minimum absolute atomic E-state index is 0.766. The summed E-state index contributed by atoms with van der Waals surface area (Å²) in [5.41, 5.74) is 11.4. The van der Waals surface area contributed by atoms with Crippen LogP contribution in [0.4, 0.5) is 0 Å². The molecule has 0 amide bonds. The lowest BCUT2D eigenvalue weighted by atomic mass is 9.99. The zero-order valence-corrected chi connectivity index (χ0v) is 29.1. The Kier molecular flexibility index (Phi) is 6.79. The van der Waals surface area contributed by atoms with Crippen LogP contribution in [0, 0.1) is 0 Å². The monoisotopic (exact) mass is 689 g/mol. The first-order valence-corrected chi connectivity index (χ1v) is 18.2. The molecule has 7 aromatic carbocycles. The van der Waals surface area contributed by atoms with Gasteiger partial charge in [-0.15, -0.1) is 0 Å². The van der Waals surface area contributed by atoms with Gasteiger partial charge in [0, 0.05) is 54.7 Å². The van der Waals surface area contributed by atoms with Gasteiger partial charge < -0.3 is 4.57 Å². The molecule has 0 aliphatic heterocycles. The summed E-state index contributed by atoms with van der Waals surface area (Å²) in [4.78, 5) is 15.4. The summed E-state index contributed by atoms with van der Waals surface area (Å²) in [6.45, 7) is 0. The van der Waals surface area contributed by atoms with Crippen molar-refractivity contribution in [2.24, 2.45) is 0 Å². The van der Waals surface area contributed by atoms with Crippen LogP contribution in [0.1, 0.15) is 0 Å². The van der Waals surface area contributed by atoms with Crippen LogP contribution in [-0.2, 0) is 0 Å². The second-order valence-corrected chi connectivity index (χ2v) is 13.7. The highest BCUT2D eigenvalue weighted by atomic mass is 15.1. The molecular weight excluding hydrogens is 659 g/mol. The molecule has 0 atom stereocenters. The molecule has 0 N–H and O–H groups in total. The van der Waals surface area contributed by atoms with Crippen LogP contribution in [0.5, 0.6) is 0 Å². The summed E-state index contributed by atoms with van der Waals surface area (Å²) in [5, 5.41) is 7.20. The van der Waals surface area contributed by atoms with Crippen molar-refractivity contribution in [1.29, 1.82) is 0 Å². The highest BCUT2D eigenvalue weighted by molar-refractivity contribution is 6.37. The van der Waals surface area contributed by atoms with Crippen molar-refractivity contribution >= 4 is 54.4 Å². The van der Waals surface area contributed by atoms with E-state index < -0.39 is 0 Å². The largest absolute Gasteiger partial charge is 0.309 e. The summed E-state index contributed by atoms with van der Waals surface area (Å²) >= 11 is 0. The van der Waals surface area contributed by atoms with Gasteiger partial charge >= 0.3 is 0 Å². The SMILES string of the molecule is c1ccc(-c2cc(-c3cnc(-n4c5ccccc5c5c6c7ccccc7n(-c7ccccc7)c6c6ccccc6c54)cn3)cc(-c3ccccc3)n2)cc1. The standard InChI is InChI=1S/C49H31N5/c1-4-16-32(17-5-1)40-28-34(29-41(52-40)33-18-6-2-7-19-33)42-30-51-45(31-50-42)54-44-27-15-13-25-39(44)47-46-38-24-12-14-26-43(38)53(35-20-8-3-9-21-35)48(46)36-22-10-11-23-37(36)49(47)54/h1-31H. The Morgan fingerprint density at radius 2 is 0.815 bits per heavy atom. The number of fused-ring (bicyclic) bond motifs is 10. The van der Waals surface area contributed by atoms with Crippen molar-refractivity contribution < 1.29 is 0 Å². The number of aromatic nitrogens is 5. The Hall–Kier alpha value is -7.37. The molecule has 0 aliphatic carbocycles. The first kappa shape index (κ1) is 30.3. The average Bonchev–Trinajstić information content (AvgIpc) is 3.79. The number of hydrogen-bond acceptors (Lipinski definition) is 3. The van der Waals surface area contributed by atoms with Crippen molar-refractivity contribution in [2.75, 3.05) is 0 Å². The molecule has 11 rings (SSSR count). The smallest absolute Gasteiger partial charge is 0.156 e. The van der Waals surface area contributed by atoms with Gasteiger partial charge in [0.25, 0.3) is 0 Å². The molecular formula is C49H31N5. The predicted molar refractivity (Wildman–Crippen MR) is 222 cm³/mol. The fourth-order valence-corrected chi connectivity index (χ4v) is 8.25. The van der Waals surface area contributed by atoms with E-state index in [2.05, 4.69) is 149 Å². The molecule has 5 heteroatoms. The molecule has 0 aliphatic rings. The Morgan fingerprint density at radius 3 is 1.35 bits per heavy atom. The fourth-order valence-electron chi connectivity index (χ4n) is 8.25. The van der Waals surface area contributed by atoms with Crippen LogP contribution >= 0.6 is 0 Å². The molecule has 0 fully saturated rings. The van der Waals surface area contributed by atoms with E-state index in [4.69, 9.17) is 15.0 Å². The highest BCUT2D eigenvalue weighted by Gasteiger charge is 2.24. The number of para-hydroxylation sites is 3. The highest BCUT2D eigenvalue weighted by Crippen LogP contribution is 2.46. The molecule has 54 heavy (non-hydrogen) atoms. The zero-order chi connectivity index (χ0) is 35.6. The summed E-state index contributed by atoms with van der Waals surface area (Å²) in [7, 11) is 0. The number of benzene rings is 7. The van der Waals surface area contributed by atoms with Gasteiger partial charge in [-0.25, -0.2) is 9.97 Å². The lowest BCUT2D eigenvalue weighted by molar-refractivity contribution is 1.05. The van der Waals surface area contributed by atoms with Gasteiger partial charge in [0.05, 0.1) is 51.5 Å². The molecule has 252 valence electrons. The van der Waals surface area contributed by atoms with Gasteiger partial charge in [-0.1, -0.05) is 140 Å². The van der Waals surface area contributed by atoms with Crippen molar-refractivity contribution in [3.05, 3.63) is 188 Å². The maximum Gasteiger partial charge on any atom is 0.156 e. The summed E-state index contributed by atoms with van der Waals surface area (Å²) < 4.78 is 4.73. The molecule has 0 bridgehead atoms. The van der Waals surface area contributed by atoms with E-state index in [9.17, 15) is 0 Å². The lowest BCUT2D eigenvalue weighted by Gasteiger charge is -2.13. The van der Waals surface area contributed by atoms with Gasteiger partial charge in [-0.2, -0.15) is 0 Å². The van der Waals surface area contributed by atoms with Crippen molar-refractivity contribution in [3.63, 3.8) is 0 Å². The van der Waals surface area contributed by atoms with Crippen LogP contribution in [0.3, 0.4) is 0 Å². The Labute approximate surface area is 311 Å². The van der Waals surface area contributed by atoms with Crippen molar-refractivity contribution in [2.45, 2.75) is 0 Å². The number of hydrogen-bond donors (Lipinski definition) is 0. The van der Waals surface area contributed by atoms with E-state index in [0.717, 1.165) is 61.7 Å².